The number of carboxylic acid groups (broad SMARTS) is 1. The Morgan fingerprint density at radius 2 is 1.89 bits per heavy atom. The van der Waals surface area contributed by atoms with Gasteiger partial charge in [-0.05, 0) is 19.1 Å². The number of benzene rings is 1. The first-order valence-electron chi connectivity index (χ1n) is 4.78. The van der Waals surface area contributed by atoms with E-state index in [1.165, 1.54) is 6.92 Å². The molecule has 0 fully saturated rings. The third-order valence-corrected chi connectivity index (χ3v) is 4.71. The SMILES string of the molecule is CC(O)CS(=O)(=O)c1cc(C(=O)O)c(Cl)cc1Cl. The van der Waals surface area contributed by atoms with Gasteiger partial charge in [0.2, 0.25) is 0 Å². The number of rotatable bonds is 4. The Labute approximate surface area is 114 Å². The van der Waals surface area contributed by atoms with Crippen LogP contribution < -0.4 is 0 Å². The minimum Gasteiger partial charge on any atom is -0.478 e. The first kappa shape index (κ1) is 15.2. The molecule has 1 atom stereocenters. The highest BCUT2D eigenvalue weighted by Gasteiger charge is 2.23. The Morgan fingerprint density at radius 1 is 1.33 bits per heavy atom. The Morgan fingerprint density at radius 3 is 2.33 bits per heavy atom. The summed E-state index contributed by atoms with van der Waals surface area (Å²) < 4.78 is 23.7. The lowest BCUT2D eigenvalue weighted by atomic mass is 10.2. The first-order valence-corrected chi connectivity index (χ1v) is 7.19. The molecule has 2 N–H and O–H groups in total. The van der Waals surface area contributed by atoms with Crippen molar-refractivity contribution in [2.24, 2.45) is 0 Å². The predicted molar refractivity (Wildman–Crippen MR) is 67.2 cm³/mol. The van der Waals surface area contributed by atoms with Crippen molar-refractivity contribution in [3.63, 3.8) is 0 Å². The number of carbonyl (C=O) groups is 1. The predicted octanol–water partition coefficient (Wildman–Crippen LogP) is 1.85. The number of aliphatic hydroxyl groups is 1. The van der Waals surface area contributed by atoms with Gasteiger partial charge in [0, 0.05) is 0 Å². The van der Waals surface area contributed by atoms with Crippen LogP contribution in [0, 0.1) is 0 Å². The molecular formula is C10H10Cl2O5S. The summed E-state index contributed by atoms with van der Waals surface area (Å²) >= 11 is 11.4. The molecule has 0 saturated carbocycles. The van der Waals surface area contributed by atoms with Crippen molar-refractivity contribution in [2.45, 2.75) is 17.9 Å². The second-order valence-electron chi connectivity index (χ2n) is 3.70. The molecule has 1 aromatic rings. The normalized spacial score (nSPS) is 13.3. The highest BCUT2D eigenvalue weighted by atomic mass is 35.5. The number of carboxylic acids is 1. The van der Waals surface area contributed by atoms with E-state index in [4.69, 9.17) is 33.4 Å². The monoisotopic (exact) mass is 312 g/mol. The molecule has 1 aromatic carbocycles. The average molecular weight is 313 g/mol. The van der Waals surface area contributed by atoms with Crippen molar-refractivity contribution in [2.75, 3.05) is 5.75 Å². The maximum absolute atomic E-state index is 11.9. The summed E-state index contributed by atoms with van der Waals surface area (Å²) in [6.07, 6.45) is -1.09. The van der Waals surface area contributed by atoms with Crippen LogP contribution in [0.15, 0.2) is 17.0 Å². The number of hydrogen-bond donors (Lipinski definition) is 2. The second kappa shape index (κ2) is 5.44. The summed E-state index contributed by atoms with van der Waals surface area (Å²) in [7, 11) is -3.87. The van der Waals surface area contributed by atoms with Crippen LogP contribution in [-0.2, 0) is 9.84 Å². The van der Waals surface area contributed by atoms with Crippen LogP contribution in [0.5, 0.6) is 0 Å². The van der Waals surface area contributed by atoms with Gasteiger partial charge in [-0.25, -0.2) is 13.2 Å². The van der Waals surface area contributed by atoms with Crippen LogP contribution in [-0.4, -0.2) is 36.5 Å². The molecular weight excluding hydrogens is 303 g/mol. The lowest BCUT2D eigenvalue weighted by Gasteiger charge is -2.10. The lowest BCUT2D eigenvalue weighted by molar-refractivity contribution is 0.0697. The van der Waals surface area contributed by atoms with Gasteiger partial charge in [0.05, 0.1) is 32.4 Å². The summed E-state index contributed by atoms with van der Waals surface area (Å²) in [6, 6.07) is 1.95. The number of aromatic carboxylic acids is 1. The summed E-state index contributed by atoms with van der Waals surface area (Å²) in [4.78, 5) is 10.5. The van der Waals surface area contributed by atoms with Gasteiger partial charge in [0.15, 0.2) is 9.84 Å². The highest BCUT2D eigenvalue weighted by molar-refractivity contribution is 7.91. The molecule has 0 radical (unpaired) electrons. The van der Waals surface area contributed by atoms with Crippen LogP contribution in [0.25, 0.3) is 0 Å². The fraction of sp³-hybridized carbons (Fsp3) is 0.300. The summed E-state index contributed by atoms with van der Waals surface area (Å²) in [5, 5.41) is 17.6. The average Bonchev–Trinajstić information content (AvgIpc) is 2.13. The van der Waals surface area contributed by atoms with Crippen LogP contribution in [0.4, 0.5) is 0 Å². The van der Waals surface area contributed by atoms with E-state index >= 15 is 0 Å². The van der Waals surface area contributed by atoms with Crippen LogP contribution >= 0.6 is 23.2 Å². The fourth-order valence-electron chi connectivity index (χ4n) is 1.34. The van der Waals surface area contributed by atoms with E-state index in [0.29, 0.717) is 0 Å². The fourth-order valence-corrected chi connectivity index (χ4v) is 3.62. The zero-order valence-corrected chi connectivity index (χ0v) is 11.6. The standard InChI is InChI=1S/C10H10Cl2O5S/c1-5(13)4-18(16,17)9-2-6(10(14)15)7(11)3-8(9)12/h2-3,5,13H,4H2,1H3,(H,14,15). The second-order valence-corrected chi connectivity index (χ2v) is 6.52. The Kier molecular flexibility index (Phi) is 4.61. The molecule has 100 valence electrons. The molecule has 0 bridgehead atoms. The molecule has 8 heteroatoms. The maximum Gasteiger partial charge on any atom is 0.337 e. The zero-order chi connectivity index (χ0) is 14.1. The molecule has 5 nitrogen and oxygen atoms in total. The molecule has 0 aliphatic carbocycles. The van der Waals surface area contributed by atoms with Gasteiger partial charge in [-0.1, -0.05) is 23.2 Å². The van der Waals surface area contributed by atoms with E-state index in [1.807, 2.05) is 0 Å². The van der Waals surface area contributed by atoms with Crippen molar-refractivity contribution in [1.82, 2.24) is 0 Å². The van der Waals surface area contributed by atoms with Gasteiger partial charge in [-0.3, -0.25) is 0 Å². The third kappa shape index (κ3) is 3.35. The third-order valence-electron chi connectivity index (χ3n) is 2.05. The largest absolute Gasteiger partial charge is 0.478 e. The Balaban J connectivity index is 3.42. The van der Waals surface area contributed by atoms with E-state index < -0.39 is 27.7 Å². The molecule has 0 aliphatic rings. The quantitative estimate of drug-likeness (QED) is 0.885. The van der Waals surface area contributed by atoms with Crippen molar-refractivity contribution >= 4 is 39.0 Å². The molecule has 0 amide bonds. The number of sulfone groups is 1. The number of aliphatic hydroxyl groups excluding tert-OH is 1. The number of hydrogen-bond acceptors (Lipinski definition) is 4. The Bertz CT molecular complexity index is 580. The molecule has 1 unspecified atom stereocenters. The molecule has 0 heterocycles. The smallest absolute Gasteiger partial charge is 0.337 e. The van der Waals surface area contributed by atoms with Gasteiger partial charge in [-0.15, -0.1) is 0 Å². The van der Waals surface area contributed by atoms with E-state index in [1.54, 1.807) is 0 Å². The van der Waals surface area contributed by atoms with E-state index in [2.05, 4.69) is 0 Å². The van der Waals surface area contributed by atoms with Crippen LogP contribution in [0.3, 0.4) is 0 Å². The van der Waals surface area contributed by atoms with Gasteiger partial charge in [0.1, 0.15) is 0 Å². The van der Waals surface area contributed by atoms with Crippen LogP contribution in [0.1, 0.15) is 17.3 Å². The van der Waals surface area contributed by atoms with Gasteiger partial charge in [0.25, 0.3) is 0 Å². The van der Waals surface area contributed by atoms with E-state index in [-0.39, 0.29) is 20.5 Å². The van der Waals surface area contributed by atoms with Gasteiger partial charge in [-0.2, -0.15) is 0 Å². The zero-order valence-electron chi connectivity index (χ0n) is 9.22. The molecule has 18 heavy (non-hydrogen) atoms. The van der Waals surface area contributed by atoms with E-state index in [9.17, 15) is 13.2 Å². The lowest BCUT2D eigenvalue weighted by Crippen LogP contribution is -2.18. The molecule has 0 spiro atoms. The summed E-state index contributed by atoms with van der Waals surface area (Å²) in [5.41, 5.74) is -0.356. The van der Waals surface area contributed by atoms with Crippen LogP contribution in [0.2, 0.25) is 10.0 Å². The summed E-state index contributed by atoms with van der Waals surface area (Å²) in [6.45, 7) is 1.31. The van der Waals surface area contributed by atoms with Crippen molar-refractivity contribution in [1.29, 1.82) is 0 Å². The minimum absolute atomic E-state index is 0.150. The van der Waals surface area contributed by atoms with Crippen molar-refractivity contribution in [3.05, 3.63) is 27.7 Å². The van der Waals surface area contributed by atoms with E-state index in [0.717, 1.165) is 12.1 Å². The molecule has 0 aliphatic heterocycles. The molecule has 0 aromatic heterocycles. The highest BCUT2D eigenvalue weighted by Crippen LogP contribution is 2.29. The summed E-state index contributed by atoms with van der Waals surface area (Å²) in [5.74, 6) is -1.90. The molecule has 0 saturated heterocycles. The van der Waals surface area contributed by atoms with Gasteiger partial charge >= 0.3 is 5.97 Å². The molecule has 1 rings (SSSR count). The van der Waals surface area contributed by atoms with Crippen molar-refractivity contribution in [3.8, 4) is 0 Å². The minimum atomic E-state index is -3.87. The number of halogens is 2. The first-order chi connectivity index (χ1) is 8.15. The maximum atomic E-state index is 11.9. The van der Waals surface area contributed by atoms with Crippen molar-refractivity contribution < 1.29 is 23.4 Å². The van der Waals surface area contributed by atoms with Gasteiger partial charge < -0.3 is 10.2 Å². The Hall–Kier alpha value is -0.820. The topological polar surface area (TPSA) is 91.7 Å².